The predicted molar refractivity (Wildman–Crippen MR) is 88.6 cm³/mol. The van der Waals surface area contributed by atoms with E-state index in [1.807, 2.05) is 0 Å². The second kappa shape index (κ2) is 6.59. The first-order valence-corrected chi connectivity index (χ1v) is 8.10. The highest BCUT2D eigenvalue weighted by atomic mass is 16.5. The topological polar surface area (TPSA) is 21.3 Å². The molecule has 0 bridgehead atoms. The Labute approximate surface area is 127 Å². The zero-order valence-electron chi connectivity index (χ0n) is 13.0. The second-order valence-electron chi connectivity index (χ2n) is 6.08. The molecule has 0 aliphatic carbocycles. The summed E-state index contributed by atoms with van der Waals surface area (Å²) in [5.41, 5.74) is 1.42. The average molecular weight is 283 g/mol. The van der Waals surface area contributed by atoms with Crippen molar-refractivity contribution in [1.29, 1.82) is 0 Å². The highest BCUT2D eigenvalue weighted by Gasteiger charge is 2.31. The maximum atomic E-state index is 5.76. The molecule has 2 aromatic rings. The van der Waals surface area contributed by atoms with E-state index >= 15 is 0 Å². The van der Waals surface area contributed by atoms with E-state index in [0.29, 0.717) is 18.1 Å². The fourth-order valence-electron chi connectivity index (χ4n) is 3.53. The maximum Gasteiger partial charge on any atom is 0.0590 e. The molecule has 0 amide bonds. The Morgan fingerprint density at radius 1 is 1.19 bits per heavy atom. The molecular weight excluding hydrogens is 258 g/mol. The van der Waals surface area contributed by atoms with Gasteiger partial charge in [0.15, 0.2) is 0 Å². The van der Waals surface area contributed by atoms with Crippen LogP contribution < -0.4 is 5.32 Å². The van der Waals surface area contributed by atoms with Crippen molar-refractivity contribution in [2.24, 2.45) is 5.92 Å². The van der Waals surface area contributed by atoms with E-state index in [2.05, 4.69) is 61.6 Å². The fraction of sp³-hybridized carbons (Fsp3) is 0.474. The molecule has 21 heavy (non-hydrogen) atoms. The lowest BCUT2D eigenvalue weighted by Crippen LogP contribution is -2.40. The first kappa shape index (κ1) is 14.6. The molecule has 3 atom stereocenters. The van der Waals surface area contributed by atoms with Crippen LogP contribution in [-0.4, -0.2) is 25.3 Å². The van der Waals surface area contributed by atoms with Crippen LogP contribution in [0.4, 0.5) is 0 Å². The molecule has 0 saturated carbocycles. The number of hydrogen-bond acceptors (Lipinski definition) is 2. The molecule has 1 saturated heterocycles. The largest absolute Gasteiger partial charge is 0.378 e. The Balaban J connectivity index is 1.80. The summed E-state index contributed by atoms with van der Waals surface area (Å²) in [6.07, 6.45) is 2.62. The molecule has 0 aromatic heterocycles. The third-order valence-electron chi connectivity index (χ3n) is 4.69. The zero-order valence-corrected chi connectivity index (χ0v) is 13.0. The van der Waals surface area contributed by atoms with Gasteiger partial charge in [-0.1, -0.05) is 49.4 Å². The molecule has 2 aromatic carbocycles. The maximum absolute atomic E-state index is 5.76. The number of likely N-dealkylation sites (N-methyl/N-ethyl adjacent to an activating group) is 1. The third kappa shape index (κ3) is 3.28. The van der Waals surface area contributed by atoms with Gasteiger partial charge in [-0.2, -0.15) is 0 Å². The standard InChI is InChI=1S/C19H25NO/c1-3-20-19(18-10-11-21-14(18)2)13-15-8-9-16-6-4-5-7-17(16)12-15/h4-9,12,14,18-20H,3,10-11,13H2,1-2H3. The fourth-order valence-corrected chi connectivity index (χ4v) is 3.53. The summed E-state index contributed by atoms with van der Waals surface area (Å²) in [6.45, 7) is 6.32. The van der Waals surface area contributed by atoms with E-state index in [1.165, 1.54) is 22.8 Å². The van der Waals surface area contributed by atoms with Gasteiger partial charge in [-0.25, -0.2) is 0 Å². The van der Waals surface area contributed by atoms with Gasteiger partial charge in [0.2, 0.25) is 0 Å². The van der Waals surface area contributed by atoms with Crippen LogP contribution in [0.5, 0.6) is 0 Å². The molecule has 3 rings (SSSR count). The number of hydrogen-bond donors (Lipinski definition) is 1. The highest BCUT2D eigenvalue weighted by Crippen LogP contribution is 2.27. The van der Waals surface area contributed by atoms with Gasteiger partial charge in [0.1, 0.15) is 0 Å². The van der Waals surface area contributed by atoms with Crippen LogP contribution in [0.3, 0.4) is 0 Å². The van der Waals surface area contributed by atoms with Crippen molar-refractivity contribution in [3.05, 3.63) is 48.0 Å². The Morgan fingerprint density at radius 2 is 2.00 bits per heavy atom. The van der Waals surface area contributed by atoms with Crippen LogP contribution in [-0.2, 0) is 11.2 Å². The summed E-state index contributed by atoms with van der Waals surface area (Å²) in [7, 11) is 0. The van der Waals surface area contributed by atoms with Crippen LogP contribution in [0, 0.1) is 5.92 Å². The van der Waals surface area contributed by atoms with E-state index in [-0.39, 0.29) is 0 Å². The van der Waals surface area contributed by atoms with Crippen LogP contribution in [0.25, 0.3) is 10.8 Å². The van der Waals surface area contributed by atoms with Crippen LogP contribution in [0.1, 0.15) is 25.8 Å². The van der Waals surface area contributed by atoms with Crippen molar-refractivity contribution < 1.29 is 4.74 Å². The Kier molecular flexibility index (Phi) is 4.57. The lowest BCUT2D eigenvalue weighted by Gasteiger charge is -2.27. The molecule has 2 heteroatoms. The Hall–Kier alpha value is -1.38. The number of rotatable bonds is 5. The van der Waals surface area contributed by atoms with Crippen LogP contribution >= 0.6 is 0 Å². The van der Waals surface area contributed by atoms with Crippen molar-refractivity contribution in [3.8, 4) is 0 Å². The van der Waals surface area contributed by atoms with E-state index < -0.39 is 0 Å². The molecule has 3 unspecified atom stereocenters. The van der Waals surface area contributed by atoms with Crippen molar-refractivity contribution in [1.82, 2.24) is 5.32 Å². The van der Waals surface area contributed by atoms with Crippen LogP contribution in [0.2, 0.25) is 0 Å². The molecule has 1 aliphatic rings. The van der Waals surface area contributed by atoms with Crippen LogP contribution in [0.15, 0.2) is 42.5 Å². The van der Waals surface area contributed by atoms with Gasteiger partial charge < -0.3 is 10.1 Å². The summed E-state index contributed by atoms with van der Waals surface area (Å²) in [5.74, 6) is 0.622. The SMILES string of the molecule is CCNC(Cc1ccc2ccccc2c1)C1CCOC1C. The van der Waals surface area contributed by atoms with E-state index in [1.54, 1.807) is 0 Å². The summed E-state index contributed by atoms with van der Waals surface area (Å²) in [5, 5.41) is 6.32. The minimum Gasteiger partial charge on any atom is -0.378 e. The lowest BCUT2D eigenvalue weighted by molar-refractivity contribution is 0.0956. The van der Waals surface area contributed by atoms with Gasteiger partial charge >= 0.3 is 0 Å². The minimum atomic E-state index is 0.370. The van der Waals surface area contributed by atoms with Gasteiger partial charge in [-0.15, -0.1) is 0 Å². The average Bonchev–Trinajstić information content (AvgIpc) is 2.93. The number of ether oxygens (including phenoxy) is 1. The van der Waals surface area contributed by atoms with Gasteiger partial charge in [0.05, 0.1) is 6.10 Å². The predicted octanol–water partition coefficient (Wildman–Crippen LogP) is 3.79. The summed E-state index contributed by atoms with van der Waals surface area (Å²) >= 11 is 0. The Bertz CT molecular complexity index is 595. The smallest absolute Gasteiger partial charge is 0.0590 e. The summed E-state index contributed by atoms with van der Waals surface area (Å²) in [4.78, 5) is 0. The molecule has 0 spiro atoms. The van der Waals surface area contributed by atoms with Crippen molar-refractivity contribution in [2.45, 2.75) is 38.8 Å². The molecule has 1 heterocycles. The van der Waals surface area contributed by atoms with Crippen molar-refractivity contribution in [2.75, 3.05) is 13.2 Å². The van der Waals surface area contributed by atoms with Gasteiger partial charge in [-0.3, -0.25) is 0 Å². The molecule has 1 N–H and O–H groups in total. The molecule has 1 aliphatic heterocycles. The van der Waals surface area contributed by atoms with Gasteiger partial charge in [0.25, 0.3) is 0 Å². The third-order valence-corrected chi connectivity index (χ3v) is 4.69. The second-order valence-corrected chi connectivity index (χ2v) is 6.08. The van der Waals surface area contributed by atoms with E-state index in [9.17, 15) is 0 Å². The minimum absolute atomic E-state index is 0.370. The molecule has 2 nitrogen and oxygen atoms in total. The first-order valence-electron chi connectivity index (χ1n) is 8.10. The highest BCUT2D eigenvalue weighted by molar-refractivity contribution is 5.82. The Morgan fingerprint density at radius 3 is 2.71 bits per heavy atom. The van der Waals surface area contributed by atoms with Crippen molar-refractivity contribution >= 4 is 10.8 Å². The number of benzene rings is 2. The summed E-state index contributed by atoms with van der Waals surface area (Å²) < 4.78 is 5.76. The zero-order chi connectivity index (χ0) is 14.7. The van der Waals surface area contributed by atoms with E-state index in [0.717, 1.165) is 19.6 Å². The number of fused-ring (bicyclic) bond motifs is 1. The summed E-state index contributed by atoms with van der Waals surface area (Å²) in [6, 6.07) is 15.9. The molecular formula is C19H25NO. The molecule has 112 valence electrons. The first-order chi connectivity index (χ1) is 10.3. The van der Waals surface area contributed by atoms with Gasteiger partial charge in [0, 0.05) is 18.6 Å². The van der Waals surface area contributed by atoms with E-state index in [4.69, 9.17) is 4.74 Å². The quantitative estimate of drug-likeness (QED) is 0.901. The lowest BCUT2D eigenvalue weighted by atomic mass is 9.88. The normalized spacial score (nSPS) is 23.5. The monoisotopic (exact) mass is 283 g/mol. The molecule has 1 fully saturated rings. The number of nitrogens with one attached hydrogen (secondary N) is 1. The molecule has 0 radical (unpaired) electrons. The van der Waals surface area contributed by atoms with Crippen molar-refractivity contribution in [3.63, 3.8) is 0 Å². The van der Waals surface area contributed by atoms with Gasteiger partial charge in [-0.05, 0) is 42.6 Å².